The van der Waals surface area contributed by atoms with Crippen molar-refractivity contribution < 1.29 is 0 Å². The Balaban J connectivity index is 2.89. The van der Waals surface area contributed by atoms with Crippen LogP contribution in [0.15, 0.2) is 35.3 Å². The van der Waals surface area contributed by atoms with E-state index in [1.807, 2.05) is 19.9 Å². The van der Waals surface area contributed by atoms with Crippen LogP contribution < -0.4 is 10.9 Å². The number of nitrogens with zero attached hydrogens (tertiary/aromatic N) is 2. The number of nitrogens with one attached hydrogen (secondary N) is 1. The molecule has 0 bridgehead atoms. The van der Waals surface area contributed by atoms with Gasteiger partial charge in [-0.05, 0) is 13.8 Å². The Kier molecular flexibility index (Phi) is 4.97. The predicted molar refractivity (Wildman–Crippen MR) is 71.6 cm³/mol. The first-order valence-corrected chi connectivity index (χ1v) is 5.67. The van der Waals surface area contributed by atoms with Gasteiger partial charge in [0.05, 0.1) is 18.4 Å². The molecule has 17 heavy (non-hydrogen) atoms. The molecule has 0 aliphatic rings. The van der Waals surface area contributed by atoms with Crippen LogP contribution in [0.4, 0.5) is 5.69 Å². The first-order valence-electron chi connectivity index (χ1n) is 5.30. The maximum Gasteiger partial charge on any atom is 0.287 e. The number of allylic oxidation sites excluding steroid dienone is 2. The van der Waals surface area contributed by atoms with Gasteiger partial charge in [0.15, 0.2) is 0 Å². The van der Waals surface area contributed by atoms with Crippen molar-refractivity contribution in [1.82, 2.24) is 9.78 Å². The predicted octanol–water partition coefficient (Wildman–Crippen LogP) is 2.46. The molecule has 1 aromatic heterocycles. The lowest BCUT2D eigenvalue weighted by atomic mass is 10.3. The highest BCUT2D eigenvalue weighted by Gasteiger charge is 2.07. The van der Waals surface area contributed by atoms with E-state index >= 15 is 0 Å². The highest BCUT2D eigenvalue weighted by Crippen LogP contribution is 2.14. The van der Waals surface area contributed by atoms with E-state index in [0.717, 1.165) is 0 Å². The topological polar surface area (TPSA) is 46.9 Å². The fourth-order valence-electron chi connectivity index (χ4n) is 1.21. The molecule has 0 spiro atoms. The zero-order valence-electron chi connectivity index (χ0n) is 10.0. The Morgan fingerprint density at radius 3 is 2.94 bits per heavy atom. The van der Waals surface area contributed by atoms with Crippen molar-refractivity contribution in [3.05, 3.63) is 45.9 Å². The number of aromatic nitrogens is 2. The van der Waals surface area contributed by atoms with Gasteiger partial charge in [0.1, 0.15) is 5.02 Å². The summed E-state index contributed by atoms with van der Waals surface area (Å²) in [7, 11) is 0. The fraction of sp³-hybridized carbons (Fsp3) is 0.333. The van der Waals surface area contributed by atoms with Gasteiger partial charge in [-0.15, -0.1) is 6.58 Å². The minimum absolute atomic E-state index is 0.156. The normalized spacial score (nSPS) is 9.82. The third kappa shape index (κ3) is 3.75. The maximum atomic E-state index is 11.7. The largest absolute Gasteiger partial charge is 0.379 e. The van der Waals surface area contributed by atoms with Gasteiger partial charge in [0, 0.05) is 6.54 Å². The molecule has 1 rings (SSSR count). The summed E-state index contributed by atoms with van der Waals surface area (Å²) in [6.07, 6.45) is 5.15. The molecule has 0 aliphatic carbocycles. The van der Waals surface area contributed by atoms with Gasteiger partial charge in [0.2, 0.25) is 0 Å². The highest BCUT2D eigenvalue weighted by molar-refractivity contribution is 6.32. The molecule has 0 aliphatic heterocycles. The minimum Gasteiger partial charge on any atom is -0.379 e. The smallest absolute Gasteiger partial charge is 0.287 e. The van der Waals surface area contributed by atoms with E-state index in [0.29, 0.717) is 18.8 Å². The van der Waals surface area contributed by atoms with E-state index in [-0.39, 0.29) is 10.6 Å². The van der Waals surface area contributed by atoms with Gasteiger partial charge in [-0.25, -0.2) is 4.68 Å². The Hall–Kier alpha value is -1.55. The van der Waals surface area contributed by atoms with Gasteiger partial charge in [-0.3, -0.25) is 4.79 Å². The monoisotopic (exact) mass is 253 g/mol. The van der Waals surface area contributed by atoms with E-state index in [1.165, 1.54) is 10.3 Å². The minimum atomic E-state index is -0.311. The Bertz CT molecular complexity index is 487. The lowest BCUT2D eigenvalue weighted by Gasteiger charge is -2.07. The molecule has 1 N–H and O–H groups in total. The van der Waals surface area contributed by atoms with Crippen LogP contribution in [0.5, 0.6) is 0 Å². The van der Waals surface area contributed by atoms with Crippen molar-refractivity contribution in [2.24, 2.45) is 0 Å². The summed E-state index contributed by atoms with van der Waals surface area (Å²) in [5, 5.41) is 7.19. The first kappa shape index (κ1) is 13.5. The van der Waals surface area contributed by atoms with Crippen molar-refractivity contribution in [1.29, 1.82) is 0 Å². The van der Waals surface area contributed by atoms with Gasteiger partial charge in [-0.2, -0.15) is 5.10 Å². The fourth-order valence-corrected chi connectivity index (χ4v) is 1.42. The molecule has 1 aromatic rings. The number of anilines is 1. The lowest BCUT2D eigenvalue weighted by molar-refractivity contribution is 0.653. The molecule has 0 radical (unpaired) electrons. The Morgan fingerprint density at radius 2 is 2.35 bits per heavy atom. The number of halogens is 1. The third-order valence-corrected chi connectivity index (χ3v) is 2.46. The van der Waals surface area contributed by atoms with Crippen LogP contribution in [-0.2, 0) is 6.54 Å². The Labute approximate surface area is 106 Å². The van der Waals surface area contributed by atoms with E-state index in [4.69, 9.17) is 11.6 Å². The molecule has 0 saturated heterocycles. The molecule has 0 fully saturated rings. The quantitative estimate of drug-likeness (QED) is 0.820. The Morgan fingerprint density at radius 1 is 1.65 bits per heavy atom. The van der Waals surface area contributed by atoms with Gasteiger partial charge in [-0.1, -0.05) is 29.3 Å². The summed E-state index contributed by atoms with van der Waals surface area (Å²) >= 11 is 5.96. The van der Waals surface area contributed by atoms with Crippen LogP contribution in [0.2, 0.25) is 5.02 Å². The maximum absolute atomic E-state index is 11.7. The molecule has 0 amide bonds. The summed E-state index contributed by atoms with van der Waals surface area (Å²) in [5.41, 5.74) is 1.44. The number of rotatable bonds is 5. The van der Waals surface area contributed by atoms with Crippen molar-refractivity contribution in [3.8, 4) is 0 Å². The molecule has 1 heterocycles. The molecule has 5 heteroatoms. The molecule has 4 nitrogen and oxygen atoms in total. The zero-order valence-corrected chi connectivity index (χ0v) is 10.8. The van der Waals surface area contributed by atoms with Gasteiger partial charge >= 0.3 is 0 Å². The zero-order chi connectivity index (χ0) is 12.8. The summed E-state index contributed by atoms with van der Waals surface area (Å²) in [6.45, 7) is 8.53. The second-order valence-electron chi connectivity index (χ2n) is 3.81. The van der Waals surface area contributed by atoms with E-state index in [2.05, 4.69) is 17.0 Å². The van der Waals surface area contributed by atoms with Crippen LogP contribution in [-0.4, -0.2) is 16.3 Å². The second kappa shape index (κ2) is 6.25. The molecular formula is C12H16ClN3O. The average Bonchev–Trinajstić information content (AvgIpc) is 2.28. The molecule has 0 saturated carbocycles. The highest BCUT2D eigenvalue weighted by atomic mass is 35.5. The summed E-state index contributed by atoms with van der Waals surface area (Å²) in [4.78, 5) is 11.7. The van der Waals surface area contributed by atoms with Crippen LogP contribution >= 0.6 is 11.6 Å². The van der Waals surface area contributed by atoms with Crippen LogP contribution in [0.1, 0.15) is 13.8 Å². The average molecular weight is 254 g/mol. The molecule has 0 atom stereocenters. The van der Waals surface area contributed by atoms with E-state index < -0.39 is 0 Å². The molecule has 0 unspecified atom stereocenters. The third-order valence-electron chi connectivity index (χ3n) is 2.09. The summed E-state index contributed by atoms with van der Waals surface area (Å²) < 4.78 is 1.27. The SMILES string of the molecule is C=CCn1ncc(NCC=C(C)C)c(Cl)c1=O. The summed E-state index contributed by atoms with van der Waals surface area (Å²) in [6, 6.07) is 0. The molecular weight excluding hydrogens is 238 g/mol. The number of hydrogen-bond donors (Lipinski definition) is 1. The van der Waals surface area contributed by atoms with Gasteiger partial charge in [0.25, 0.3) is 5.56 Å². The van der Waals surface area contributed by atoms with Crippen molar-refractivity contribution >= 4 is 17.3 Å². The summed E-state index contributed by atoms with van der Waals surface area (Å²) in [5.74, 6) is 0. The van der Waals surface area contributed by atoms with Crippen LogP contribution in [0, 0.1) is 0 Å². The second-order valence-corrected chi connectivity index (χ2v) is 4.19. The lowest BCUT2D eigenvalue weighted by Crippen LogP contribution is -2.23. The number of hydrogen-bond acceptors (Lipinski definition) is 3. The van der Waals surface area contributed by atoms with Crippen LogP contribution in [0.25, 0.3) is 0 Å². The van der Waals surface area contributed by atoms with E-state index in [9.17, 15) is 4.79 Å². The van der Waals surface area contributed by atoms with Crippen molar-refractivity contribution in [2.45, 2.75) is 20.4 Å². The first-order chi connectivity index (χ1) is 8.06. The van der Waals surface area contributed by atoms with Gasteiger partial charge < -0.3 is 5.32 Å². The van der Waals surface area contributed by atoms with Crippen LogP contribution in [0.3, 0.4) is 0 Å². The molecule has 0 aromatic carbocycles. The molecule has 92 valence electrons. The van der Waals surface area contributed by atoms with E-state index in [1.54, 1.807) is 12.3 Å². The van der Waals surface area contributed by atoms with Crippen molar-refractivity contribution in [3.63, 3.8) is 0 Å². The van der Waals surface area contributed by atoms with Crippen molar-refractivity contribution in [2.75, 3.05) is 11.9 Å². The standard InChI is InChI=1S/C12H16ClN3O/c1-4-7-16-12(17)11(13)10(8-15-16)14-6-5-9(2)3/h4-5,8,14H,1,6-7H2,2-3H3.